The van der Waals surface area contributed by atoms with E-state index >= 15 is 0 Å². The van der Waals surface area contributed by atoms with Crippen LogP contribution in [-0.2, 0) is 17.6 Å². The average Bonchev–Trinajstić information content (AvgIpc) is 3.41. The van der Waals surface area contributed by atoms with Gasteiger partial charge in [-0.1, -0.05) is 0 Å². The number of hydrogen-bond donors (Lipinski definition) is 1. The molecule has 2 fully saturated rings. The zero-order valence-corrected chi connectivity index (χ0v) is 17.1. The van der Waals surface area contributed by atoms with Gasteiger partial charge in [-0.15, -0.1) is 0 Å². The Morgan fingerprint density at radius 3 is 2.41 bits per heavy atom. The van der Waals surface area contributed by atoms with E-state index in [9.17, 15) is 9.59 Å². The summed E-state index contributed by atoms with van der Waals surface area (Å²) in [5.41, 5.74) is 4.70. The van der Waals surface area contributed by atoms with Gasteiger partial charge in [0.05, 0.1) is 6.54 Å². The molecule has 1 aliphatic carbocycles. The van der Waals surface area contributed by atoms with E-state index in [0.717, 1.165) is 62.9 Å². The van der Waals surface area contributed by atoms with Crippen molar-refractivity contribution in [3.8, 4) is 0 Å². The van der Waals surface area contributed by atoms with E-state index in [1.807, 2.05) is 15.9 Å². The first-order valence-corrected chi connectivity index (χ1v) is 11.1. The van der Waals surface area contributed by atoms with Crippen molar-refractivity contribution >= 4 is 22.7 Å². The lowest BCUT2D eigenvalue weighted by Crippen LogP contribution is -2.51. The van der Waals surface area contributed by atoms with E-state index < -0.39 is 0 Å². The van der Waals surface area contributed by atoms with Gasteiger partial charge in [0, 0.05) is 61.4 Å². The Kier molecular flexibility index (Phi) is 5.04. The summed E-state index contributed by atoms with van der Waals surface area (Å²) in [5.74, 6) is 0.355. The van der Waals surface area contributed by atoms with Crippen molar-refractivity contribution in [3.05, 3.63) is 35.0 Å². The number of rotatable bonds is 3. The number of aromatic nitrogens is 1. The van der Waals surface area contributed by atoms with E-state index in [-0.39, 0.29) is 11.8 Å². The molecule has 1 aromatic heterocycles. The molecule has 5 rings (SSSR count). The molecule has 154 valence electrons. The van der Waals surface area contributed by atoms with Crippen LogP contribution in [0, 0.1) is 0 Å². The van der Waals surface area contributed by atoms with E-state index in [1.54, 1.807) is 0 Å². The van der Waals surface area contributed by atoms with Gasteiger partial charge in [0.15, 0.2) is 0 Å². The molecule has 3 heterocycles. The maximum absolute atomic E-state index is 13.1. The summed E-state index contributed by atoms with van der Waals surface area (Å²) in [4.78, 5) is 35.1. The minimum Gasteiger partial charge on any atom is -0.358 e. The van der Waals surface area contributed by atoms with Crippen molar-refractivity contribution in [2.45, 2.75) is 38.5 Å². The van der Waals surface area contributed by atoms with E-state index in [0.29, 0.717) is 19.6 Å². The van der Waals surface area contributed by atoms with Crippen LogP contribution in [0.25, 0.3) is 10.9 Å². The molecule has 0 unspecified atom stereocenters. The van der Waals surface area contributed by atoms with Gasteiger partial charge in [0.25, 0.3) is 5.91 Å². The molecular weight excluding hydrogens is 364 g/mol. The number of benzene rings is 1. The van der Waals surface area contributed by atoms with Gasteiger partial charge in [0.1, 0.15) is 0 Å². The number of likely N-dealkylation sites (tertiary alicyclic amines) is 1. The van der Waals surface area contributed by atoms with Gasteiger partial charge < -0.3 is 14.8 Å². The lowest BCUT2D eigenvalue weighted by atomic mass is 9.95. The molecule has 1 N–H and O–H groups in total. The van der Waals surface area contributed by atoms with Crippen molar-refractivity contribution < 1.29 is 9.59 Å². The fourth-order valence-electron chi connectivity index (χ4n) is 5.09. The Hall–Kier alpha value is -2.34. The number of aromatic amines is 1. The molecule has 2 amide bonds. The van der Waals surface area contributed by atoms with Crippen molar-refractivity contribution in [1.82, 2.24) is 19.7 Å². The second-order valence-corrected chi connectivity index (χ2v) is 8.71. The molecule has 0 atom stereocenters. The lowest BCUT2D eigenvalue weighted by molar-refractivity contribution is -0.131. The Morgan fingerprint density at radius 1 is 0.862 bits per heavy atom. The minimum absolute atomic E-state index is 0.114. The van der Waals surface area contributed by atoms with Crippen molar-refractivity contribution in [2.24, 2.45) is 0 Å². The van der Waals surface area contributed by atoms with Gasteiger partial charge >= 0.3 is 0 Å². The van der Waals surface area contributed by atoms with Crippen LogP contribution in [0.2, 0.25) is 0 Å². The molecule has 29 heavy (non-hydrogen) atoms. The highest BCUT2D eigenvalue weighted by Gasteiger charge is 2.26. The van der Waals surface area contributed by atoms with E-state index in [1.165, 1.54) is 29.5 Å². The lowest BCUT2D eigenvalue weighted by Gasteiger charge is -2.35. The van der Waals surface area contributed by atoms with Crippen LogP contribution in [0.5, 0.6) is 0 Å². The normalized spacial score (nSPS) is 20.3. The van der Waals surface area contributed by atoms with E-state index in [2.05, 4.69) is 22.0 Å². The number of nitrogens with one attached hydrogen (secondary N) is 1. The predicted octanol–water partition coefficient (Wildman–Crippen LogP) is 2.43. The smallest absolute Gasteiger partial charge is 0.253 e. The van der Waals surface area contributed by atoms with Crippen LogP contribution in [0.4, 0.5) is 0 Å². The molecule has 2 saturated heterocycles. The Labute approximate surface area is 171 Å². The average molecular weight is 395 g/mol. The molecule has 2 aliphatic heterocycles. The Morgan fingerprint density at radius 2 is 1.62 bits per heavy atom. The predicted molar refractivity (Wildman–Crippen MR) is 113 cm³/mol. The molecule has 0 radical (unpaired) electrons. The summed E-state index contributed by atoms with van der Waals surface area (Å²) < 4.78 is 0. The standard InChI is InChI=1S/C23H30N4O2/c28-22(26-9-3-4-10-26)16-25-11-13-27(14-12-25)23(29)17-7-8-21-19(15-17)18-5-1-2-6-20(18)24-21/h7-8,15,24H,1-6,9-14,16H2. The summed E-state index contributed by atoms with van der Waals surface area (Å²) in [5, 5.41) is 1.22. The molecule has 1 aromatic carbocycles. The van der Waals surface area contributed by atoms with Gasteiger partial charge in [-0.05, 0) is 62.3 Å². The number of aryl methyl sites for hydroxylation is 2. The van der Waals surface area contributed by atoms with Crippen molar-refractivity contribution in [1.29, 1.82) is 0 Å². The molecule has 0 bridgehead atoms. The van der Waals surface area contributed by atoms with E-state index in [4.69, 9.17) is 0 Å². The molecule has 0 spiro atoms. The second-order valence-electron chi connectivity index (χ2n) is 8.71. The first kappa shape index (κ1) is 18.7. The summed E-state index contributed by atoms with van der Waals surface area (Å²) in [6.45, 7) is 5.22. The third kappa shape index (κ3) is 3.66. The third-order valence-corrected chi connectivity index (χ3v) is 6.82. The number of hydrogen-bond acceptors (Lipinski definition) is 3. The van der Waals surface area contributed by atoms with Crippen LogP contribution >= 0.6 is 0 Å². The molecule has 6 nitrogen and oxygen atoms in total. The van der Waals surface area contributed by atoms with Crippen LogP contribution in [0.3, 0.4) is 0 Å². The number of fused-ring (bicyclic) bond motifs is 3. The zero-order chi connectivity index (χ0) is 19.8. The van der Waals surface area contributed by atoms with Gasteiger partial charge in [-0.3, -0.25) is 14.5 Å². The monoisotopic (exact) mass is 394 g/mol. The highest BCUT2D eigenvalue weighted by molar-refractivity contribution is 5.99. The minimum atomic E-state index is 0.114. The summed E-state index contributed by atoms with van der Waals surface area (Å²) in [7, 11) is 0. The number of carbonyl (C=O) groups is 2. The molecule has 3 aliphatic rings. The second kappa shape index (κ2) is 7.82. The molecular formula is C23H30N4O2. The summed E-state index contributed by atoms with van der Waals surface area (Å²) >= 11 is 0. The highest BCUT2D eigenvalue weighted by atomic mass is 16.2. The fraction of sp³-hybridized carbons (Fsp3) is 0.565. The molecule has 0 saturated carbocycles. The van der Waals surface area contributed by atoms with Gasteiger partial charge in [-0.2, -0.15) is 0 Å². The third-order valence-electron chi connectivity index (χ3n) is 6.82. The van der Waals surface area contributed by atoms with Gasteiger partial charge in [-0.25, -0.2) is 0 Å². The van der Waals surface area contributed by atoms with Crippen molar-refractivity contribution in [3.63, 3.8) is 0 Å². The Bertz CT molecular complexity index is 920. The maximum Gasteiger partial charge on any atom is 0.253 e. The van der Waals surface area contributed by atoms with Crippen molar-refractivity contribution in [2.75, 3.05) is 45.8 Å². The van der Waals surface area contributed by atoms with Crippen LogP contribution < -0.4 is 0 Å². The molecule has 6 heteroatoms. The highest BCUT2D eigenvalue weighted by Crippen LogP contribution is 2.30. The fourth-order valence-corrected chi connectivity index (χ4v) is 5.09. The summed E-state index contributed by atoms with van der Waals surface area (Å²) in [6.07, 6.45) is 6.96. The number of H-pyrrole nitrogens is 1. The first-order valence-electron chi connectivity index (χ1n) is 11.1. The SMILES string of the molecule is O=C(CN1CCN(C(=O)c2ccc3[nH]c4c(c3c2)CCCC4)CC1)N1CCCC1. The number of nitrogens with zero attached hydrogens (tertiary/aromatic N) is 3. The maximum atomic E-state index is 13.1. The topological polar surface area (TPSA) is 59.7 Å². The largest absolute Gasteiger partial charge is 0.358 e. The van der Waals surface area contributed by atoms with Gasteiger partial charge in [0.2, 0.25) is 5.91 Å². The van der Waals surface area contributed by atoms with Crippen LogP contribution in [0.15, 0.2) is 18.2 Å². The summed E-state index contributed by atoms with van der Waals surface area (Å²) in [6, 6.07) is 6.10. The molecule has 2 aromatic rings. The van der Waals surface area contributed by atoms with Crippen LogP contribution in [0.1, 0.15) is 47.3 Å². The van der Waals surface area contributed by atoms with Crippen LogP contribution in [-0.4, -0.2) is 77.3 Å². The quantitative estimate of drug-likeness (QED) is 0.870. The first-order chi connectivity index (χ1) is 14.2. The number of carbonyl (C=O) groups excluding carboxylic acids is 2. The Balaban J connectivity index is 1.23. The number of piperazine rings is 1. The number of amides is 2. The zero-order valence-electron chi connectivity index (χ0n) is 17.1.